The molecule has 0 spiro atoms. The zero-order chi connectivity index (χ0) is 22.4. The number of ether oxygens (including phenoxy) is 1. The second-order valence-corrected chi connectivity index (χ2v) is 11.6. The highest BCUT2D eigenvalue weighted by atomic mass is 16.6. The first kappa shape index (κ1) is 19.7. The predicted molar refractivity (Wildman–Crippen MR) is 118 cm³/mol. The molecule has 3 fully saturated rings. The van der Waals surface area contributed by atoms with E-state index in [0.29, 0.717) is 29.8 Å². The summed E-state index contributed by atoms with van der Waals surface area (Å²) in [5.41, 5.74) is -3.73. The summed E-state index contributed by atoms with van der Waals surface area (Å²) in [6, 6.07) is 5.96. The highest BCUT2D eigenvalue weighted by Crippen LogP contribution is 2.75. The third-order valence-corrected chi connectivity index (χ3v) is 9.86. The van der Waals surface area contributed by atoms with Gasteiger partial charge >= 0.3 is 5.54 Å². The molecule has 7 atom stereocenters. The van der Waals surface area contributed by atoms with Crippen molar-refractivity contribution in [1.29, 1.82) is 0 Å². The van der Waals surface area contributed by atoms with Crippen LogP contribution in [0.3, 0.4) is 0 Å². The van der Waals surface area contributed by atoms with Gasteiger partial charge in [0.05, 0.1) is 16.8 Å². The Hall–Kier alpha value is -2.00. The van der Waals surface area contributed by atoms with Gasteiger partial charge in [0.25, 0.3) is 0 Å². The van der Waals surface area contributed by atoms with Crippen LogP contribution in [0.4, 0.5) is 5.69 Å². The van der Waals surface area contributed by atoms with Crippen molar-refractivity contribution in [2.75, 3.05) is 0 Å². The van der Waals surface area contributed by atoms with E-state index in [1.54, 1.807) is 0 Å². The van der Waals surface area contributed by atoms with E-state index in [-0.39, 0.29) is 12.0 Å². The molecule has 0 unspecified atom stereocenters. The predicted octanol–water partition coefficient (Wildman–Crippen LogP) is 4.05. The molecule has 1 aromatic rings. The van der Waals surface area contributed by atoms with Crippen LogP contribution in [0.1, 0.15) is 58.6 Å². The fraction of sp³-hybridized carbons (Fsp3) is 0.615. The molecule has 1 aromatic carbocycles. The summed E-state index contributed by atoms with van der Waals surface area (Å²) in [5, 5.41) is 25.9. The van der Waals surface area contributed by atoms with E-state index < -0.39 is 39.1 Å². The molecule has 2 saturated carbocycles. The van der Waals surface area contributed by atoms with Crippen LogP contribution in [0.25, 0.3) is 4.85 Å². The van der Waals surface area contributed by atoms with Crippen LogP contribution in [0, 0.1) is 23.3 Å². The van der Waals surface area contributed by atoms with Gasteiger partial charge in [0.15, 0.2) is 17.3 Å². The van der Waals surface area contributed by atoms with Crippen molar-refractivity contribution in [2.24, 2.45) is 21.7 Å². The topological polar surface area (TPSA) is 69.7 Å². The normalized spacial score (nSPS) is 49.1. The van der Waals surface area contributed by atoms with Crippen molar-refractivity contribution in [3.63, 3.8) is 0 Å². The fourth-order valence-corrected chi connectivity index (χ4v) is 8.18. The fourth-order valence-electron chi connectivity index (χ4n) is 8.18. The molecule has 1 saturated heterocycles. The summed E-state index contributed by atoms with van der Waals surface area (Å²) in [5.74, 6) is -0.336. The average Bonchev–Trinajstić information content (AvgIpc) is 3.46. The van der Waals surface area contributed by atoms with Crippen LogP contribution >= 0.6 is 0 Å². The molecule has 5 heteroatoms. The van der Waals surface area contributed by atoms with E-state index >= 15 is 0 Å². The number of hydrogen-bond acceptors (Lipinski definition) is 4. The number of aliphatic imine (C=N–C) groups is 1. The average molecular weight is 419 g/mol. The van der Waals surface area contributed by atoms with Gasteiger partial charge in [-0.25, -0.2) is 6.57 Å². The monoisotopic (exact) mass is 418 g/mol. The summed E-state index contributed by atoms with van der Waals surface area (Å²) < 4.78 is 6.28. The van der Waals surface area contributed by atoms with Gasteiger partial charge in [0.2, 0.25) is 0 Å². The molecular weight excluding hydrogens is 388 g/mol. The summed E-state index contributed by atoms with van der Waals surface area (Å²) in [7, 11) is 0. The van der Waals surface area contributed by atoms with Gasteiger partial charge in [-0.05, 0) is 36.8 Å². The Labute approximate surface area is 183 Å². The molecule has 0 radical (unpaired) electrons. The zero-order valence-corrected chi connectivity index (χ0v) is 18.9. The molecule has 5 nitrogen and oxygen atoms in total. The molecule has 0 bridgehead atoms. The Balaban J connectivity index is 1.84. The van der Waals surface area contributed by atoms with Crippen LogP contribution in [0.15, 0.2) is 35.8 Å². The molecule has 2 heterocycles. The van der Waals surface area contributed by atoms with Gasteiger partial charge in [-0.1, -0.05) is 45.9 Å². The molecule has 2 N–H and O–H groups in total. The van der Waals surface area contributed by atoms with Gasteiger partial charge < -0.3 is 19.8 Å². The maximum Gasteiger partial charge on any atom is 0.301 e. The number of epoxide rings is 1. The lowest BCUT2D eigenvalue weighted by Crippen LogP contribution is -2.81. The number of nitrogens with zero attached hydrogens (tertiary/aromatic N) is 2. The first-order chi connectivity index (χ1) is 14.4. The maximum atomic E-state index is 13.1. The van der Waals surface area contributed by atoms with Crippen molar-refractivity contribution in [3.05, 3.63) is 53.4 Å². The highest BCUT2D eigenvalue weighted by molar-refractivity contribution is 6.07. The van der Waals surface area contributed by atoms with Gasteiger partial charge in [0, 0.05) is 16.9 Å². The summed E-state index contributed by atoms with van der Waals surface area (Å²) >= 11 is 0. The number of aliphatic hydroxyl groups is 2. The molecule has 31 heavy (non-hydrogen) atoms. The molecule has 0 amide bonds. The van der Waals surface area contributed by atoms with Crippen LogP contribution in [0.2, 0.25) is 0 Å². The standard InChI is InChI=1S/C26H30N2O3/c1-8-23(6)13-12-16-21(2,3)14-10-9-11-15-17(14)24(29)20(28-15)22(4,5)18-19(31-18)25(23,27-7)26(16,24)30/h8-11,16,18-19,29-30H,1,12-13H2,2-6H3/t16-,18-,19+,23+,24-,25+,26-/m1/s1. The van der Waals surface area contributed by atoms with Gasteiger partial charge in [0.1, 0.15) is 6.10 Å². The van der Waals surface area contributed by atoms with Crippen molar-refractivity contribution >= 4 is 11.4 Å². The van der Waals surface area contributed by atoms with Crippen LogP contribution in [-0.4, -0.2) is 39.3 Å². The largest absolute Gasteiger partial charge is 0.378 e. The van der Waals surface area contributed by atoms with Crippen LogP contribution in [0.5, 0.6) is 0 Å². The Morgan fingerprint density at radius 1 is 1.16 bits per heavy atom. The minimum Gasteiger partial charge on any atom is -0.378 e. The van der Waals surface area contributed by atoms with E-state index in [1.165, 1.54) is 0 Å². The van der Waals surface area contributed by atoms with Gasteiger partial charge in [-0.2, -0.15) is 0 Å². The third kappa shape index (κ3) is 1.59. The van der Waals surface area contributed by atoms with E-state index in [1.807, 2.05) is 39.0 Å². The molecule has 2 aliphatic heterocycles. The first-order valence-corrected chi connectivity index (χ1v) is 11.3. The van der Waals surface area contributed by atoms with E-state index in [0.717, 1.165) is 5.56 Å². The van der Waals surface area contributed by atoms with E-state index in [2.05, 4.69) is 31.3 Å². The molecule has 3 aliphatic carbocycles. The second kappa shape index (κ2) is 4.98. The number of rotatable bonds is 1. The maximum absolute atomic E-state index is 13.1. The van der Waals surface area contributed by atoms with E-state index in [4.69, 9.17) is 16.3 Å². The number of fused-ring (bicyclic) bond motifs is 2. The SMILES string of the molecule is [C-]#[N+][C@]12[C@H]3O[C@H]3C(C)(C)C3=Nc4cccc5c4[C@]3(O)[C@]1(O)[C@H](CC[C@]2(C)C=C)C5(C)C. The van der Waals surface area contributed by atoms with Crippen molar-refractivity contribution < 1.29 is 14.9 Å². The molecule has 5 aliphatic rings. The Morgan fingerprint density at radius 3 is 2.52 bits per heavy atom. The Kier molecular flexibility index (Phi) is 3.16. The molecule has 162 valence electrons. The van der Waals surface area contributed by atoms with Crippen LogP contribution < -0.4 is 0 Å². The van der Waals surface area contributed by atoms with Gasteiger partial charge in [-0.15, -0.1) is 6.58 Å². The summed E-state index contributed by atoms with van der Waals surface area (Å²) in [6.07, 6.45) is 2.43. The second-order valence-electron chi connectivity index (χ2n) is 11.6. The van der Waals surface area contributed by atoms with E-state index in [9.17, 15) is 10.2 Å². The quantitative estimate of drug-likeness (QED) is 0.411. The summed E-state index contributed by atoms with van der Waals surface area (Å²) in [6.45, 7) is 23.0. The lowest BCUT2D eigenvalue weighted by Gasteiger charge is -2.64. The van der Waals surface area contributed by atoms with Crippen molar-refractivity contribution in [2.45, 2.75) is 81.8 Å². The Morgan fingerprint density at radius 2 is 1.87 bits per heavy atom. The minimum absolute atomic E-state index is 0.294. The Bertz CT molecular complexity index is 1150. The lowest BCUT2D eigenvalue weighted by atomic mass is 9.39. The van der Waals surface area contributed by atoms with Gasteiger partial charge in [-0.3, -0.25) is 4.99 Å². The minimum atomic E-state index is -1.77. The molecular formula is C26H30N2O3. The smallest absolute Gasteiger partial charge is 0.301 e. The van der Waals surface area contributed by atoms with Crippen molar-refractivity contribution in [1.82, 2.24) is 0 Å². The third-order valence-electron chi connectivity index (χ3n) is 9.86. The lowest BCUT2D eigenvalue weighted by molar-refractivity contribution is -0.244. The number of hydrogen-bond donors (Lipinski definition) is 2. The summed E-state index contributed by atoms with van der Waals surface area (Å²) in [4.78, 5) is 9.22. The molecule has 0 aromatic heterocycles. The van der Waals surface area contributed by atoms with Crippen molar-refractivity contribution in [3.8, 4) is 0 Å². The first-order valence-electron chi connectivity index (χ1n) is 11.3. The molecule has 6 rings (SSSR count). The number of benzene rings is 1. The van der Waals surface area contributed by atoms with Crippen LogP contribution in [-0.2, 0) is 15.8 Å². The zero-order valence-electron chi connectivity index (χ0n) is 18.9. The highest BCUT2D eigenvalue weighted by Gasteiger charge is 2.92.